The van der Waals surface area contributed by atoms with Crippen LogP contribution >= 0.6 is 0 Å². The topological polar surface area (TPSA) is 103 Å². The van der Waals surface area contributed by atoms with E-state index in [-0.39, 0.29) is 22.3 Å². The zero-order chi connectivity index (χ0) is 23.4. The van der Waals surface area contributed by atoms with E-state index in [1.807, 2.05) is 37.3 Å². The van der Waals surface area contributed by atoms with E-state index in [0.717, 1.165) is 29.2 Å². The van der Waals surface area contributed by atoms with Gasteiger partial charge in [-0.05, 0) is 54.2 Å². The molecule has 1 unspecified atom stereocenters. The minimum absolute atomic E-state index is 0.0551. The van der Waals surface area contributed by atoms with E-state index < -0.39 is 17.1 Å². The van der Waals surface area contributed by atoms with E-state index >= 15 is 0 Å². The molecule has 3 aromatic rings. The quantitative estimate of drug-likeness (QED) is 0.541. The van der Waals surface area contributed by atoms with Gasteiger partial charge in [0.25, 0.3) is 11.8 Å². The van der Waals surface area contributed by atoms with Gasteiger partial charge in [0.15, 0.2) is 5.69 Å². The second-order valence-electron chi connectivity index (χ2n) is 8.20. The van der Waals surface area contributed by atoms with E-state index in [4.69, 9.17) is 4.74 Å². The minimum Gasteiger partial charge on any atom is -0.610 e. The lowest BCUT2D eigenvalue weighted by molar-refractivity contribution is 0.0642. The maximum Gasteiger partial charge on any atom is 0.272 e. The van der Waals surface area contributed by atoms with Crippen LogP contribution in [0.15, 0.2) is 53.6 Å². The summed E-state index contributed by atoms with van der Waals surface area (Å²) in [5.74, 6) is -0.405. The fourth-order valence-corrected chi connectivity index (χ4v) is 4.46. The number of fused-ring (bicyclic) bond motifs is 1. The Kier molecular flexibility index (Phi) is 7.27. The highest BCUT2D eigenvalue weighted by atomic mass is 32.2. The molecule has 1 saturated heterocycles. The summed E-state index contributed by atoms with van der Waals surface area (Å²) < 4.78 is 17.3. The van der Waals surface area contributed by atoms with Gasteiger partial charge in [-0.25, -0.2) is 0 Å². The van der Waals surface area contributed by atoms with Crippen LogP contribution in [0.25, 0.3) is 10.8 Å². The zero-order valence-electron chi connectivity index (χ0n) is 18.7. The summed E-state index contributed by atoms with van der Waals surface area (Å²) in [5, 5.41) is 7.87. The van der Waals surface area contributed by atoms with Crippen molar-refractivity contribution >= 4 is 39.5 Å². The van der Waals surface area contributed by atoms with Crippen LogP contribution in [0.5, 0.6) is 0 Å². The molecule has 172 valence electrons. The number of aryl methyl sites for hydroxylation is 1. The Balaban J connectivity index is 1.60. The molecule has 1 atom stereocenters. The van der Waals surface area contributed by atoms with Gasteiger partial charge in [0.05, 0.1) is 5.69 Å². The number of amides is 2. The predicted octanol–water partition coefficient (Wildman–Crippen LogP) is 3.69. The standard InChI is InChI=1S/C25H27N3O4S/c1-16-7-8-20(19-6-4-3-5-18(16)19)24(29)27-21-9-10-22(33(2)31)28-23(21)25(30)26-15-17-11-13-32-14-12-17/h3-10,17H,11-15H2,1-2H3,(H,26,30)(H,27,29). The molecule has 1 aliphatic rings. The van der Waals surface area contributed by atoms with Crippen molar-refractivity contribution in [2.75, 3.05) is 31.3 Å². The van der Waals surface area contributed by atoms with Crippen LogP contribution in [-0.4, -0.2) is 47.4 Å². The highest BCUT2D eigenvalue weighted by molar-refractivity contribution is 7.90. The fourth-order valence-electron chi connectivity index (χ4n) is 3.98. The number of nitrogens with zero attached hydrogens (tertiary/aromatic N) is 1. The van der Waals surface area contributed by atoms with Gasteiger partial charge in [0, 0.05) is 42.6 Å². The van der Waals surface area contributed by atoms with Crippen LogP contribution in [0.1, 0.15) is 39.3 Å². The number of rotatable bonds is 6. The number of hydrogen-bond acceptors (Lipinski definition) is 5. The Labute approximate surface area is 196 Å². The Hall–Kier alpha value is -2.94. The third kappa shape index (κ3) is 5.35. The summed E-state index contributed by atoms with van der Waals surface area (Å²) in [4.78, 5) is 30.5. The lowest BCUT2D eigenvalue weighted by Gasteiger charge is -2.22. The molecule has 1 aliphatic heterocycles. The van der Waals surface area contributed by atoms with Crippen molar-refractivity contribution in [2.45, 2.75) is 24.8 Å². The number of benzene rings is 2. The smallest absolute Gasteiger partial charge is 0.272 e. The first kappa shape index (κ1) is 23.2. The highest BCUT2D eigenvalue weighted by Crippen LogP contribution is 2.24. The van der Waals surface area contributed by atoms with Gasteiger partial charge in [-0.2, -0.15) is 4.98 Å². The molecule has 0 spiro atoms. The molecule has 7 nitrogen and oxygen atoms in total. The number of anilines is 1. The molecular weight excluding hydrogens is 438 g/mol. The third-order valence-electron chi connectivity index (χ3n) is 5.91. The molecule has 4 rings (SSSR count). The van der Waals surface area contributed by atoms with E-state index in [1.165, 1.54) is 6.26 Å². The number of hydrogen-bond donors (Lipinski definition) is 2. The number of aromatic nitrogens is 1. The molecule has 0 bridgehead atoms. The van der Waals surface area contributed by atoms with E-state index in [9.17, 15) is 14.1 Å². The highest BCUT2D eigenvalue weighted by Gasteiger charge is 2.22. The van der Waals surface area contributed by atoms with E-state index in [1.54, 1.807) is 18.2 Å². The molecule has 0 saturated carbocycles. The van der Waals surface area contributed by atoms with Gasteiger partial charge in [-0.15, -0.1) is 0 Å². The molecule has 2 N–H and O–H groups in total. The molecule has 8 heteroatoms. The van der Waals surface area contributed by atoms with Crippen LogP contribution in [0.4, 0.5) is 5.69 Å². The molecule has 2 heterocycles. The average Bonchev–Trinajstić information content (AvgIpc) is 2.83. The van der Waals surface area contributed by atoms with Crippen molar-refractivity contribution in [1.82, 2.24) is 10.3 Å². The number of carbonyl (C=O) groups excluding carboxylic acids is 2. The summed E-state index contributed by atoms with van der Waals surface area (Å²) in [7, 11) is 0. The zero-order valence-corrected chi connectivity index (χ0v) is 19.5. The Morgan fingerprint density at radius 3 is 2.52 bits per heavy atom. The first-order valence-electron chi connectivity index (χ1n) is 10.9. The predicted molar refractivity (Wildman–Crippen MR) is 129 cm³/mol. The van der Waals surface area contributed by atoms with Gasteiger partial charge in [-0.1, -0.05) is 30.3 Å². The monoisotopic (exact) mass is 465 g/mol. The summed E-state index contributed by atoms with van der Waals surface area (Å²) in [6.07, 6.45) is 3.27. The van der Waals surface area contributed by atoms with Crippen molar-refractivity contribution in [2.24, 2.45) is 5.92 Å². The molecule has 0 aliphatic carbocycles. The largest absolute Gasteiger partial charge is 0.610 e. The Bertz CT molecular complexity index is 1180. The maximum atomic E-state index is 13.2. The molecule has 2 amide bonds. The number of carbonyl (C=O) groups is 2. The lowest BCUT2D eigenvalue weighted by Crippen LogP contribution is -2.33. The number of nitrogens with one attached hydrogen (secondary N) is 2. The number of pyridine rings is 1. The first-order valence-corrected chi connectivity index (χ1v) is 12.5. The van der Waals surface area contributed by atoms with Crippen LogP contribution in [0, 0.1) is 12.8 Å². The normalized spacial score (nSPS) is 15.2. The van der Waals surface area contributed by atoms with Crippen molar-refractivity contribution in [3.63, 3.8) is 0 Å². The van der Waals surface area contributed by atoms with Crippen LogP contribution in [0.2, 0.25) is 0 Å². The van der Waals surface area contributed by atoms with E-state index in [0.29, 0.717) is 31.2 Å². The van der Waals surface area contributed by atoms with Crippen molar-refractivity contribution in [1.29, 1.82) is 0 Å². The second-order valence-corrected chi connectivity index (χ2v) is 9.52. The van der Waals surface area contributed by atoms with Crippen LogP contribution in [-0.2, 0) is 15.9 Å². The van der Waals surface area contributed by atoms with Gasteiger partial charge < -0.3 is 19.9 Å². The fraction of sp³-hybridized carbons (Fsp3) is 0.320. The lowest BCUT2D eigenvalue weighted by atomic mass is 10.00. The third-order valence-corrected chi connectivity index (χ3v) is 6.72. The van der Waals surface area contributed by atoms with Gasteiger partial charge >= 0.3 is 0 Å². The Morgan fingerprint density at radius 2 is 1.79 bits per heavy atom. The van der Waals surface area contributed by atoms with E-state index in [2.05, 4.69) is 15.6 Å². The molecular formula is C25H27N3O4S. The molecule has 33 heavy (non-hydrogen) atoms. The van der Waals surface area contributed by atoms with Crippen LogP contribution < -0.4 is 10.6 Å². The molecule has 1 fully saturated rings. The summed E-state index contributed by atoms with van der Waals surface area (Å²) in [5.41, 5.74) is 1.92. The molecule has 1 aromatic heterocycles. The molecule has 2 aromatic carbocycles. The van der Waals surface area contributed by atoms with Gasteiger partial charge in [-0.3, -0.25) is 9.59 Å². The van der Waals surface area contributed by atoms with Crippen molar-refractivity contribution < 1.29 is 18.9 Å². The SMILES string of the molecule is Cc1ccc(C(=O)Nc2ccc([S+](C)[O-])nc2C(=O)NCC2CCOCC2)c2ccccc12. The number of ether oxygens (including phenoxy) is 1. The van der Waals surface area contributed by atoms with Gasteiger partial charge in [0.2, 0.25) is 5.03 Å². The minimum atomic E-state index is -1.36. The van der Waals surface area contributed by atoms with Gasteiger partial charge in [0.1, 0.15) is 6.26 Å². The Morgan fingerprint density at radius 1 is 1.06 bits per heavy atom. The molecule has 0 radical (unpaired) electrons. The van der Waals surface area contributed by atoms with Crippen molar-refractivity contribution in [3.8, 4) is 0 Å². The van der Waals surface area contributed by atoms with Crippen molar-refractivity contribution in [3.05, 3.63) is 65.4 Å². The second kappa shape index (κ2) is 10.3. The maximum absolute atomic E-state index is 13.2. The summed E-state index contributed by atoms with van der Waals surface area (Å²) in [6.45, 7) is 3.88. The van der Waals surface area contributed by atoms with Crippen LogP contribution in [0.3, 0.4) is 0 Å². The summed E-state index contributed by atoms with van der Waals surface area (Å²) in [6, 6.07) is 14.5. The first-order chi connectivity index (χ1) is 15.9. The summed E-state index contributed by atoms with van der Waals surface area (Å²) >= 11 is -1.36. The average molecular weight is 466 g/mol.